The summed E-state index contributed by atoms with van der Waals surface area (Å²) in [5, 5.41) is 6.15. The summed E-state index contributed by atoms with van der Waals surface area (Å²) >= 11 is 1.46. The van der Waals surface area contributed by atoms with Crippen molar-refractivity contribution in [2.75, 3.05) is 13.6 Å². The molecule has 0 aromatic rings. The van der Waals surface area contributed by atoms with Crippen molar-refractivity contribution in [1.29, 1.82) is 0 Å². The van der Waals surface area contributed by atoms with Gasteiger partial charge in [0.25, 0.3) is 0 Å². The van der Waals surface area contributed by atoms with Crippen LogP contribution in [0.15, 0.2) is 0 Å². The molecular formula is C4H10N2W. The molecule has 0 atom stereocenters. The van der Waals surface area contributed by atoms with Crippen molar-refractivity contribution in [2.45, 2.75) is 6.92 Å². The van der Waals surface area contributed by atoms with Crippen LogP contribution in [0.1, 0.15) is 6.92 Å². The molecule has 0 saturated carbocycles. The van der Waals surface area contributed by atoms with Gasteiger partial charge < -0.3 is 0 Å². The number of hydrogen-bond acceptors (Lipinski definition) is 2. The molecule has 0 radical (unpaired) electrons. The second-order valence-electron chi connectivity index (χ2n) is 1.11. The van der Waals surface area contributed by atoms with Gasteiger partial charge in [-0.2, -0.15) is 0 Å². The van der Waals surface area contributed by atoms with Crippen molar-refractivity contribution in [3.63, 3.8) is 0 Å². The molecule has 0 unspecified atom stereocenters. The number of rotatable bonds is 3. The van der Waals surface area contributed by atoms with Crippen LogP contribution >= 0.6 is 0 Å². The third-order valence-electron chi connectivity index (χ3n) is 0.564. The Morgan fingerprint density at radius 2 is 2.29 bits per heavy atom. The fraction of sp³-hybridized carbons (Fsp3) is 0.750. The Kier molecular flexibility index (Phi) is 4.95. The van der Waals surface area contributed by atoms with Crippen LogP contribution in [-0.4, -0.2) is 17.7 Å². The van der Waals surface area contributed by atoms with Crippen LogP contribution in [0.5, 0.6) is 0 Å². The van der Waals surface area contributed by atoms with E-state index < -0.39 is 0 Å². The second-order valence-corrected chi connectivity index (χ2v) is 2.58. The summed E-state index contributed by atoms with van der Waals surface area (Å²) in [6, 6.07) is 0. The van der Waals surface area contributed by atoms with Gasteiger partial charge in [0, 0.05) is 0 Å². The van der Waals surface area contributed by atoms with E-state index in [-0.39, 0.29) is 0 Å². The van der Waals surface area contributed by atoms with E-state index in [2.05, 4.69) is 17.6 Å². The van der Waals surface area contributed by atoms with Gasteiger partial charge in [-0.15, -0.1) is 0 Å². The summed E-state index contributed by atoms with van der Waals surface area (Å²) in [7, 11) is 1.92. The van der Waals surface area contributed by atoms with E-state index in [9.17, 15) is 0 Å². The molecular weight excluding hydrogens is 260 g/mol. The van der Waals surface area contributed by atoms with Gasteiger partial charge in [0.05, 0.1) is 0 Å². The molecule has 0 aliphatic heterocycles. The Bertz CT molecular complexity index is 62.7. The Morgan fingerprint density at radius 3 is 2.43 bits per heavy atom. The van der Waals surface area contributed by atoms with Crippen molar-refractivity contribution in [3.8, 4) is 0 Å². The predicted octanol–water partition coefficient (Wildman–Crippen LogP) is -0.550. The fourth-order valence-electron chi connectivity index (χ4n) is 0.249. The standard InChI is InChI=1S/C4H10N2.W/c1-3-6-4-5-2;/h5-6H,3H2,1-2H3;. The van der Waals surface area contributed by atoms with Crippen molar-refractivity contribution >= 4 is 4.15 Å². The quantitative estimate of drug-likeness (QED) is 0.719. The van der Waals surface area contributed by atoms with Gasteiger partial charge in [-0.1, -0.05) is 0 Å². The molecule has 0 aromatic carbocycles. The van der Waals surface area contributed by atoms with Crippen LogP contribution in [0.4, 0.5) is 0 Å². The van der Waals surface area contributed by atoms with Crippen LogP contribution in [0.3, 0.4) is 0 Å². The molecule has 0 aliphatic carbocycles. The molecule has 0 bridgehead atoms. The van der Waals surface area contributed by atoms with Gasteiger partial charge >= 0.3 is 54.6 Å². The van der Waals surface area contributed by atoms with Gasteiger partial charge in [-0.05, 0) is 0 Å². The van der Waals surface area contributed by atoms with Gasteiger partial charge in [0.15, 0.2) is 0 Å². The van der Waals surface area contributed by atoms with Crippen LogP contribution in [-0.2, 0) is 19.4 Å². The average Bonchev–Trinajstić information content (AvgIpc) is 1.68. The monoisotopic (exact) mass is 270 g/mol. The molecule has 0 saturated heterocycles. The maximum atomic E-state index is 3.14. The fourth-order valence-corrected chi connectivity index (χ4v) is 0.768. The van der Waals surface area contributed by atoms with Crippen LogP contribution in [0, 0.1) is 0 Å². The molecule has 0 spiro atoms. The third kappa shape index (κ3) is 4.33. The summed E-state index contributed by atoms with van der Waals surface area (Å²) in [4.78, 5) is 0. The Balaban J connectivity index is 3.00. The molecule has 3 heteroatoms. The van der Waals surface area contributed by atoms with E-state index in [1.165, 1.54) is 23.5 Å². The first-order chi connectivity index (χ1) is 3.31. The minimum absolute atomic E-state index is 1.01. The van der Waals surface area contributed by atoms with Crippen LogP contribution in [0.25, 0.3) is 0 Å². The first-order valence-corrected chi connectivity index (χ1v) is 3.73. The Morgan fingerprint density at radius 1 is 1.71 bits per heavy atom. The second kappa shape index (κ2) is 4.63. The zero-order valence-electron chi connectivity index (χ0n) is 4.62. The molecule has 42 valence electrons. The van der Waals surface area contributed by atoms with Crippen LogP contribution in [0.2, 0.25) is 0 Å². The van der Waals surface area contributed by atoms with Gasteiger partial charge in [0.1, 0.15) is 0 Å². The minimum atomic E-state index is 1.01. The van der Waals surface area contributed by atoms with E-state index in [0.29, 0.717) is 0 Å². The molecule has 0 amide bonds. The van der Waals surface area contributed by atoms with Gasteiger partial charge in [-0.25, -0.2) is 0 Å². The van der Waals surface area contributed by atoms with Crippen molar-refractivity contribution in [3.05, 3.63) is 0 Å². The number of hydrogen-bond donors (Lipinski definition) is 2. The average molecular weight is 270 g/mol. The summed E-state index contributed by atoms with van der Waals surface area (Å²) in [5.41, 5.74) is 0. The molecule has 2 nitrogen and oxygen atoms in total. The topological polar surface area (TPSA) is 24.1 Å². The Labute approximate surface area is 55.1 Å². The molecule has 2 N–H and O–H groups in total. The van der Waals surface area contributed by atoms with Crippen LogP contribution < -0.4 is 10.6 Å². The zero-order valence-corrected chi connectivity index (χ0v) is 7.55. The van der Waals surface area contributed by atoms with Crippen molar-refractivity contribution in [2.24, 2.45) is 0 Å². The SMILES string of the molecule is CCN[C](=[W])NC. The first kappa shape index (κ1) is 7.48. The van der Waals surface area contributed by atoms with Gasteiger partial charge in [-0.3, -0.25) is 0 Å². The normalized spacial score (nSPS) is 8.86. The molecule has 7 heavy (non-hydrogen) atoms. The summed E-state index contributed by atoms with van der Waals surface area (Å²) in [6.07, 6.45) is 0. The maximum absolute atomic E-state index is 3.14. The molecule has 0 fully saturated rings. The molecule has 0 aliphatic rings. The van der Waals surface area contributed by atoms with E-state index in [0.717, 1.165) is 6.54 Å². The van der Waals surface area contributed by atoms with E-state index in [1.807, 2.05) is 7.05 Å². The van der Waals surface area contributed by atoms with Crippen molar-refractivity contribution < 1.29 is 19.4 Å². The van der Waals surface area contributed by atoms with E-state index >= 15 is 0 Å². The van der Waals surface area contributed by atoms with E-state index in [4.69, 9.17) is 0 Å². The molecule has 0 rings (SSSR count). The number of nitrogens with one attached hydrogen (secondary N) is 2. The summed E-state index contributed by atoms with van der Waals surface area (Å²) in [5.74, 6) is 0. The third-order valence-corrected chi connectivity index (χ3v) is 1.82. The first-order valence-electron chi connectivity index (χ1n) is 2.26. The Hall–Kier alpha value is 0.478. The predicted molar refractivity (Wildman–Crippen MR) is 27.7 cm³/mol. The zero-order chi connectivity index (χ0) is 5.70. The van der Waals surface area contributed by atoms with Gasteiger partial charge in [0.2, 0.25) is 0 Å². The molecule has 0 aromatic heterocycles. The summed E-state index contributed by atoms with van der Waals surface area (Å²) < 4.78 is 1.21. The molecule has 0 heterocycles. The summed E-state index contributed by atoms with van der Waals surface area (Å²) in [6.45, 7) is 3.10. The van der Waals surface area contributed by atoms with Crippen molar-refractivity contribution in [1.82, 2.24) is 10.6 Å². The van der Waals surface area contributed by atoms with E-state index in [1.54, 1.807) is 0 Å².